The number of anilines is 2. The third kappa shape index (κ3) is 5.41. The van der Waals surface area contributed by atoms with Gasteiger partial charge in [-0.3, -0.25) is 9.88 Å². The minimum absolute atomic E-state index is 0. The molecule has 1 aromatic heterocycles. The number of pyridine rings is 1. The van der Waals surface area contributed by atoms with Gasteiger partial charge in [0.05, 0.1) is 12.6 Å². The summed E-state index contributed by atoms with van der Waals surface area (Å²) in [6.07, 6.45) is 1.79. The van der Waals surface area contributed by atoms with Gasteiger partial charge < -0.3 is 15.2 Å². The predicted molar refractivity (Wildman–Crippen MR) is 121 cm³/mol. The normalized spacial score (nSPS) is 10.3. The van der Waals surface area contributed by atoms with Crippen molar-refractivity contribution in [3.05, 3.63) is 54.2 Å². The Morgan fingerprint density at radius 1 is 1.04 bits per heavy atom. The van der Waals surface area contributed by atoms with Crippen LogP contribution in [0.15, 0.2) is 48.7 Å². The summed E-state index contributed by atoms with van der Waals surface area (Å²) in [5, 5.41) is 14.6. The van der Waals surface area contributed by atoms with E-state index >= 15 is 0 Å². The fraction of sp³-hybridized carbons (Fsp3) is 0.286. The van der Waals surface area contributed by atoms with Gasteiger partial charge in [-0.15, -0.1) is 24.8 Å². The second-order valence-corrected chi connectivity index (χ2v) is 6.17. The summed E-state index contributed by atoms with van der Waals surface area (Å²) in [4.78, 5) is 6.68. The summed E-state index contributed by atoms with van der Waals surface area (Å²) in [5.41, 5.74) is 3.70. The molecule has 3 aromatic rings. The third-order valence-corrected chi connectivity index (χ3v) is 4.60. The fourth-order valence-electron chi connectivity index (χ4n) is 2.99. The molecule has 0 aliphatic heterocycles. The van der Waals surface area contributed by atoms with Crippen LogP contribution in [-0.4, -0.2) is 35.2 Å². The van der Waals surface area contributed by atoms with Crippen molar-refractivity contribution in [2.75, 3.05) is 25.5 Å². The Kier molecular flexibility index (Phi) is 9.32. The number of aromatic nitrogens is 1. The number of fused-ring (bicyclic) bond motifs is 1. The molecule has 0 atom stereocenters. The van der Waals surface area contributed by atoms with Gasteiger partial charge in [-0.25, -0.2) is 0 Å². The maximum atomic E-state index is 10.2. The second kappa shape index (κ2) is 11.0. The van der Waals surface area contributed by atoms with Gasteiger partial charge in [0.1, 0.15) is 11.5 Å². The number of ether oxygens (including phenoxy) is 1. The lowest BCUT2D eigenvalue weighted by Crippen LogP contribution is -2.22. The van der Waals surface area contributed by atoms with Crippen LogP contribution < -0.4 is 10.1 Å². The van der Waals surface area contributed by atoms with E-state index in [1.54, 1.807) is 19.4 Å². The summed E-state index contributed by atoms with van der Waals surface area (Å²) >= 11 is 0. The van der Waals surface area contributed by atoms with Gasteiger partial charge in [0, 0.05) is 35.1 Å². The average Bonchev–Trinajstić information content (AvgIpc) is 2.68. The second-order valence-electron chi connectivity index (χ2n) is 6.17. The lowest BCUT2D eigenvalue weighted by Gasteiger charge is -2.19. The van der Waals surface area contributed by atoms with Crippen molar-refractivity contribution in [2.24, 2.45) is 0 Å². The van der Waals surface area contributed by atoms with Gasteiger partial charge >= 0.3 is 0 Å². The Balaban J connectivity index is 0.00000196. The smallest absolute Gasteiger partial charge is 0.120 e. The Morgan fingerprint density at radius 3 is 2.46 bits per heavy atom. The minimum atomic E-state index is 0. The monoisotopic (exact) mass is 423 g/mol. The van der Waals surface area contributed by atoms with E-state index in [-0.39, 0.29) is 24.8 Å². The van der Waals surface area contributed by atoms with Crippen molar-refractivity contribution >= 4 is 47.1 Å². The molecule has 3 rings (SSSR count). The summed E-state index contributed by atoms with van der Waals surface area (Å²) in [6.45, 7) is 6.86. The van der Waals surface area contributed by atoms with E-state index in [1.807, 2.05) is 36.4 Å². The van der Waals surface area contributed by atoms with Crippen LogP contribution in [0.2, 0.25) is 0 Å². The molecule has 28 heavy (non-hydrogen) atoms. The van der Waals surface area contributed by atoms with Crippen LogP contribution in [0, 0.1) is 0 Å². The molecule has 0 amide bonds. The SMILES string of the molecule is CCN(CC)Cc1cc(Nc2ccnc3ccc(OC)cc23)ccc1O.Cl.Cl. The average molecular weight is 424 g/mol. The topological polar surface area (TPSA) is 57.6 Å². The molecule has 2 N–H and O–H groups in total. The van der Waals surface area contributed by atoms with Crippen molar-refractivity contribution in [2.45, 2.75) is 20.4 Å². The molecule has 0 aliphatic carbocycles. The highest BCUT2D eigenvalue weighted by molar-refractivity contribution is 5.93. The Bertz CT molecular complexity index is 902. The van der Waals surface area contributed by atoms with Crippen molar-refractivity contribution in [3.8, 4) is 11.5 Å². The van der Waals surface area contributed by atoms with Gasteiger partial charge in [-0.05, 0) is 55.6 Å². The molecule has 0 bridgehead atoms. The van der Waals surface area contributed by atoms with Crippen LogP contribution in [0.5, 0.6) is 11.5 Å². The molecule has 0 unspecified atom stereocenters. The number of phenols is 1. The van der Waals surface area contributed by atoms with E-state index in [2.05, 4.69) is 29.0 Å². The number of nitrogens with zero attached hydrogens (tertiary/aromatic N) is 2. The van der Waals surface area contributed by atoms with E-state index in [9.17, 15) is 5.11 Å². The number of aromatic hydroxyl groups is 1. The molecule has 0 radical (unpaired) electrons. The molecule has 0 aliphatic rings. The van der Waals surface area contributed by atoms with Crippen molar-refractivity contribution < 1.29 is 9.84 Å². The summed E-state index contributed by atoms with van der Waals surface area (Å²) in [5.74, 6) is 1.12. The number of methoxy groups -OCH3 is 1. The van der Waals surface area contributed by atoms with E-state index in [1.165, 1.54) is 0 Å². The lowest BCUT2D eigenvalue weighted by molar-refractivity contribution is 0.291. The molecular weight excluding hydrogens is 397 g/mol. The molecule has 152 valence electrons. The molecule has 0 saturated heterocycles. The molecule has 7 heteroatoms. The maximum Gasteiger partial charge on any atom is 0.120 e. The van der Waals surface area contributed by atoms with Crippen molar-refractivity contribution in [3.63, 3.8) is 0 Å². The largest absolute Gasteiger partial charge is 0.508 e. The molecule has 5 nitrogen and oxygen atoms in total. The predicted octanol–water partition coefficient (Wildman–Crippen LogP) is 5.38. The van der Waals surface area contributed by atoms with Gasteiger partial charge in [0.25, 0.3) is 0 Å². The number of hydrogen-bond donors (Lipinski definition) is 2. The zero-order valence-corrected chi connectivity index (χ0v) is 17.9. The standard InChI is InChI=1S/C21H25N3O2.2ClH/c1-4-24(5-2)14-15-12-16(6-9-21(15)25)23-20-10-11-22-19-8-7-17(26-3)13-18(19)20;;/h6-13,25H,4-5,14H2,1-3H3,(H,22,23);2*1H. The van der Waals surface area contributed by atoms with E-state index in [4.69, 9.17) is 4.74 Å². The summed E-state index contributed by atoms with van der Waals surface area (Å²) < 4.78 is 5.34. The van der Waals surface area contributed by atoms with Gasteiger partial charge in [0.15, 0.2) is 0 Å². The highest BCUT2D eigenvalue weighted by atomic mass is 35.5. The van der Waals surface area contributed by atoms with Crippen LogP contribution in [-0.2, 0) is 6.54 Å². The van der Waals surface area contributed by atoms with E-state index < -0.39 is 0 Å². The van der Waals surface area contributed by atoms with Crippen molar-refractivity contribution in [1.29, 1.82) is 0 Å². The van der Waals surface area contributed by atoms with Crippen LogP contribution in [0.3, 0.4) is 0 Å². The lowest BCUT2D eigenvalue weighted by atomic mass is 10.1. The summed E-state index contributed by atoms with van der Waals surface area (Å²) in [7, 11) is 1.66. The number of halogens is 2. The van der Waals surface area contributed by atoms with E-state index in [0.29, 0.717) is 5.75 Å². The van der Waals surface area contributed by atoms with Gasteiger partial charge in [-0.2, -0.15) is 0 Å². The molecular formula is C21H27Cl2N3O2. The van der Waals surface area contributed by atoms with Crippen LogP contribution >= 0.6 is 24.8 Å². The molecule has 1 heterocycles. The Morgan fingerprint density at radius 2 is 1.79 bits per heavy atom. The fourth-order valence-corrected chi connectivity index (χ4v) is 2.99. The highest BCUT2D eigenvalue weighted by Gasteiger charge is 2.09. The number of nitrogens with one attached hydrogen (secondary N) is 1. The molecule has 0 saturated carbocycles. The first-order valence-electron chi connectivity index (χ1n) is 8.88. The van der Waals surface area contributed by atoms with Crippen LogP contribution in [0.4, 0.5) is 11.4 Å². The number of phenolic OH excluding ortho intramolecular Hbond substituents is 1. The first kappa shape index (κ1) is 23.8. The maximum absolute atomic E-state index is 10.2. The van der Waals surface area contributed by atoms with Crippen LogP contribution in [0.1, 0.15) is 19.4 Å². The first-order chi connectivity index (χ1) is 12.6. The Labute approximate surface area is 178 Å². The summed E-state index contributed by atoms with van der Waals surface area (Å²) in [6, 6.07) is 13.4. The Hall–Kier alpha value is -2.21. The van der Waals surface area contributed by atoms with Crippen LogP contribution in [0.25, 0.3) is 10.9 Å². The zero-order chi connectivity index (χ0) is 18.5. The number of rotatable bonds is 7. The highest BCUT2D eigenvalue weighted by Crippen LogP contribution is 2.30. The molecule has 2 aromatic carbocycles. The van der Waals surface area contributed by atoms with Gasteiger partial charge in [0.2, 0.25) is 0 Å². The first-order valence-corrected chi connectivity index (χ1v) is 8.88. The molecule has 0 fully saturated rings. The van der Waals surface area contributed by atoms with E-state index in [0.717, 1.165) is 53.2 Å². The quantitative estimate of drug-likeness (QED) is 0.499. The number of hydrogen-bond acceptors (Lipinski definition) is 5. The third-order valence-electron chi connectivity index (χ3n) is 4.60. The zero-order valence-electron chi connectivity index (χ0n) is 16.3. The minimum Gasteiger partial charge on any atom is -0.508 e. The van der Waals surface area contributed by atoms with Crippen molar-refractivity contribution in [1.82, 2.24) is 9.88 Å². The van der Waals surface area contributed by atoms with Gasteiger partial charge in [-0.1, -0.05) is 13.8 Å². The molecule has 0 spiro atoms. The number of benzene rings is 2.